The summed E-state index contributed by atoms with van der Waals surface area (Å²) in [5.41, 5.74) is 20.9. The number of fused-ring (bicyclic) bond motifs is 4. The molecule has 4 aromatic heterocycles. The van der Waals surface area contributed by atoms with E-state index in [-0.39, 0.29) is 63.8 Å². The predicted octanol–water partition coefficient (Wildman–Crippen LogP) is 5.92. The molecule has 4 heterocycles. The maximum Gasteiger partial charge on any atom is 1.00 e. The normalized spacial score (nSPS) is 8.36. The van der Waals surface area contributed by atoms with Crippen molar-refractivity contribution in [2.75, 3.05) is 16.9 Å². The summed E-state index contributed by atoms with van der Waals surface area (Å²) < 4.78 is 2.74. The van der Waals surface area contributed by atoms with Crippen LogP contribution in [0.15, 0.2) is 160 Å². The number of nitro groups is 2. The number of halogens is 2. The van der Waals surface area contributed by atoms with Crippen molar-refractivity contribution < 1.29 is 57.6 Å². The molecule has 0 radical (unpaired) electrons. The first kappa shape index (κ1) is 91.1. The number of H-pyrrole nitrogens is 5. The maximum absolute atomic E-state index is 11.3. The Morgan fingerprint density at radius 3 is 1.30 bits per heavy atom. The number of nitro benzene ring substituents is 2. The third-order valence-electron chi connectivity index (χ3n) is 8.50. The minimum Gasteiger partial charge on any atom is -0.444 e. The number of nitrogens with one attached hydrogen (secondary N) is 6. The van der Waals surface area contributed by atoms with Crippen LogP contribution in [0.25, 0.3) is 44.1 Å². The van der Waals surface area contributed by atoms with Crippen molar-refractivity contribution in [2.45, 2.75) is 83.1 Å². The number of hydrazine groups is 2. The molecule has 0 amide bonds. The number of aromatic nitrogens is 12. The van der Waals surface area contributed by atoms with E-state index < -0.39 is 15.5 Å². The second-order valence-corrected chi connectivity index (χ2v) is 14.5. The Balaban J connectivity index is -0.000000222. The molecule has 0 bridgehead atoms. The summed E-state index contributed by atoms with van der Waals surface area (Å²) in [6.45, 7) is 24.0. The zero-order valence-electron chi connectivity index (χ0n) is 52.0. The molecule has 0 saturated heterocycles. The summed E-state index contributed by atoms with van der Waals surface area (Å²) in [7, 11) is 0. The Morgan fingerprint density at radius 2 is 0.900 bits per heavy atom. The van der Waals surface area contributed by atoms with E-state index in [1.54, 1.807) is 127 Å². The van der Waals surface area contributed by atoms with Gasteiger partial charge in [-0.2, -0.15) is 5.26 Å². The van der Waals surface area contributed by atoms with Crippen LogP contribution >= 0.6 is 27.5 Å². The first-order valence-corrected chi connectivity index (χ1v) is 27.6. The molecule has 0 aliphatic rings. The molecule has 37 heteroatoms. The first-order chi connectivity index (χ1) is 42.9. The number of rotatable bonds is 3. The summed E-state index contributed by atoms with van der Waals surface area (Å²) in [4.78, 5) is 97.2. The Morgan fingerprint density at radius 1 is 0.567 bits per heavy atom. The van der Waals surface area contributed by atoms with Gasteiger partial charge in [0.1, 0.15) is 27.8 Å². The van der Waals surface area contributed by atoms with Gasteiger partial charge in [0.2, 0.25) is 0 Å². The SMILES string of the molecule is CC.CC.CC.CC.CC.CC.N#CN.NN.NNc1nc2ccccc2[n+](=O)[nH]1.Nc1ccccc1[N+](=O)[O-].Nc1nc2ccccc2[n+](=O)[nH]1.O=N[O-].O=[N+]([O-])c1ccccc1Br.O=[n+]1[nH]c(Cl)nc2ccccc21.O=c1[nH]c2ccccc2[n+](=O)[nH]1.[Na+]. The van der Waals surface area contributed by atoms with Gasteiger partial charge in [-0.1, -0.05) is 176 Å². The zero-order chi connectivity index (χ0) is 69.5. The van der Waals surface area contributed by atoms with E-state index in [1.807, 2.05) is 83.1 Å². The standard InChI is InChI=1S/C7H5ClN3O.C7H8N5O.C7H7N4O.C7H5N3O2.C6H4BrNO2.C6H6N2O2.6C2H6.CH2N2.H4N2.HNO2.Na/c8-7-9-5-3-1-2-4-6(5)11(12)10-7;8-10-7-9-5-3-1-2-4-6(5)12(13)11-7;8-7-9-5-3-1-2-4-6(5)11(12)10-7;11-7-8-5-3-1-2-4-6(5)10(12)9-7;2*7-5-3-1-2-4-6(5)8(9)10;6*1-2;2-1-3;1-2;2-1-3;/h1-4H,(H,9,10,12);1-4H,8H2,(H2,9,10,11,13);1-4H,(H3,8,9,10,12);1-4H,(H-,8,9,11,12);1-4H;1-4H,7H2;6*1-2H3;2H2;1-2H2;(H,2,3);/q3*+1;;;;;;;;;;;;;+1. The quantitative estimate of drug-likeness (QED) is 0.0112. The minimum absolute atomic E-state index is 0. The smallest absolute Gasteiger partial charge is 0.444 e. The van der Waals surface area contributed by atoms with E-state index in [4.69, 9.17) is 44.3 Å². The van der Waals surface area contributed by atoms with Gasteiger partial charge in [-0.15, -0.1) is 5.34 Å². The average Bonchev–Trinajstić information content (AvgIpc) is 3.61. The van der Waals surface area contributed by atoms with Crippen LogP contribution < -0.4 is 93.6 Å². The van der Waals surface area contributed by atoms with Crippen molar-refractivity contribution >= 4 is 101 Å². The van der Waals surface area contributed by atoms with Crippen LogP contribution in [0, 0.1) is 61.4 Å². The second kappa shape index (κ2) is 58.0. The Kier molecular flexibility index (Phi) is 58.7. The maximum atomic E-state index is 11.3. The summed E-state index contributed by atoms with van der Waals surface area (Å²) in [6.07, 6.45) is 1.25. The first-order valence-electron chi connectivity index (χ1n) is 26.4. The minimum atomic E-state index is -0.510. The van der Waals surface area contributed by atoms with Crippen molar-refractivity contribution in [3.05, 3.63) is 216 Å². The molecule has 18 N–H and O–H groups in total. The Bertz CT molecular complexity index is 3780. The number of nitrogen functional groups attached to an aromatic ring is 3. The molecule has 0 unspecified atom stereocenters. The molecule has 34 nitrogen and oxygen atoms in total. The van der Waals surface area contributed by atoms with Gasteiger partial charge in [-0.05, 0) is 63.9 Å². The second-order valence-electron chi connectivity index (χ2n) is 13.3. The van der Waals surface area contributed by atoms with Gasteiger partial charge in [-0.25, -0.2) is 25.6 Å². The third-order valence-corrected chi connectivity index (χ3v) is 9.34. The molecule has 10 rings (SSSR count). The van der Waals surface area contributed by atoms with Crippen molar-refractivity contribution in [1.29, 1.82) is 5.26 Å². The van der Waals surface area contributed by atoms with Crippen LogP contribution in [0.2, 0.25) is 5.28 Å². The molecule has 0 saturated carbocycles. The number of para-hydroxylation sites is 11. The Hall–Kier alpha value is -10.1. The van der Waals surface area contributed by atoms with Crippen LogP contribution in [-0.4, -0.2) is 50.2 Å². The van der Waals surface area contributed by atoms with Gasteiger partial charge >= 0.3 is 57.3 Å². The topological polar surface area (TPSA) is 557 Å². The average molecular weight is 1350 g/mol. The molecule has 482 valence electrons. The molecular weight excluding hydrogens is 1270 g/mol. The molecule has 10 aromatic rings. The molecule has 90 heavy (non-hydrogen) atoms. The number of benzene rings is 6. The van der Waals surface area contributed by atoms with Crippen molar-refractivity contribution in [3.63, 3.8) is 0 Å². The molecular formula is C53H78BrClN23NaO11+4. The van der Waals surface area contributed by atoms with E-state index >= 15 is 0 Å². The summed E-state index contributed by atoms with van der Waals surface area (Å²) in [5.74, 6) is 13.5. The number of hydrogen-bond donors (Lipinski definition) is 12. The monoisotopic (exact) mass is 1350 g/mol. The van der Waals surface area contributed by atoms with E-state index in [0.717, 1.165) is 5.34 Å². The van der Waals surface area contributed by atoms with Gasteiger partial charge in [0.25, 0.3) is 28.6 Å². The van der Waals surface area contributed by atoms with Crippen molar-refractivity contribution in [3.8, 4) is 6.19 Å². The molecule has 0 aliphatic carbocycles. The fraction of sp³-hybridized carbons (Fsp3) is 0.226. The van der Waals surface area contributed by atoms with Gasteiger partial charge in [0.15, 0.2) is 24.4 Å². The largest absolute Gasteiger partial charge is 1.00 e. The van der Waals surface area contributed by atoms with E-state index in [1.165, 1.54) is 24.4 Å². The molecule has 0 fully saturated rings. The van der Waals surface area contributed by atoms with Crippen LogP contribution in [-0.2, 0) is 0 Å². The van der Waals surface area contributed by atoms with Gasteiger partial charge in [0, 0.05) is 36.4 Å². The zero-order valence-corrected chi connectivity index (χ0v) is 56.3. The molecule has 0 spiro atoms. The van der Waals surface area contributed by atoms with Crippen LogP contribution in [0.3, 0.4) is 0 Å². The fourth-order valence-electron chi connectivity index (χ4n) is 5.46. The van der Waals surface area contributed by atoms with Crippen molar-refractivity contribution in [2.24, 2.45) is 28.6 Å². The van der Waals surface area contributed by atoms with Gasteiger partial charge < -0.3 is 27.3 Å². The molecule has 6 aromatic carbocycles. The molecule has 0 aliphatic heterocycles. The number of nitrogens with zero attached hydrogens (tertiary/aromatic N) is 11. The van der Waals surface area contributed by atoms with Crippen LogP contribution in [0.1, 0.15) is 83.1 Å². The number of anilines is 3. The van der Waals surface area contributed by atoms with Gasteiger partial charge in [-0.3, -0.25) is 42.3 Å². The summed E-state index contributed by atoms with van der Waals surface area (Å²) in [6, 6.07) is 40.2. The number of nitrogens with two attached hydrogens (primary N) is 6. The number of nitriles is 1. The van der Waals surface area contributed by atoms with Gasteiger partial charge in [0.05, 0.1) is 33.9 Å². The number of hydrogen-bond acceptors (Lipinski definition) is 23. The predicted molar refractivity (Wildman–Crippen MR) is 352 cm³/mol. The third kappa shape index (κ3) is 35.5. The van der Waals surface area contributed by atoms with E-state index in [2.05, 4.69) is 79.1 Å². The molecule has 0 atom stereocenters. The summed E-state index contributed by atoms with van der Waals surface area (Å²) >= 11 is 8.59. The van der Waals surface area contributed by atoms with Crippen LogP contribution in [0.4, 0.5) is 29.0 Å². The summed E-state index contributed by atoms with van der Waals surface area (Å²) in [5, 5.41) is 45.7. The Labute approximate surface area is 551 Å². The van der Waals surface area contributed by atoms with Crippen LogP contribution in [0.5, 0.6) is 0 Å². The van der Waals surface area contributed by atoms with Crippen molar-refractivity contribution in [1.82, 2.24) is 40.3 Å². The van der Waals surface area contributed by atoms with E-state index in [9.17, 15) is 44.7 Å². The van der Waals surface area contributed by atoms with E-state index in [0.29, 0.717) is 66.8 Å². The number of aromatic amines is 5. The fourth-order valence-corrected chi connectivity index (χ4v) is 6.06.